The number of nitrogens with zero attached hydrogens (tertiary/aromatic N) is 3. The normalized spacial score (nSPS) is 13.6. The lowest BCUT2D eigenvalue weighted by atomic mass is 10.1. The van der Waals surface area contributed by atoms with Gasteiger partial charge in [0.25, 0.3) is 17.7 Å². The second-order valence-corrected chi connectivity index (χ2v) is 5.18. The van der Waals surface area contributed by atoms with Crippen LogP contribution >= 0.6 is 0 Å². The van der Waals surface area contributed by atoms with E-state index in [-0.39, 0.29) is 30.8 Å². The van der Waals surface area contributed by atoms with Gasteiger partial charge in [-0.15, -0.1) is 5.10 Å². The molecule has 24 heavy (non-hydrogen) atoms. The van der Waals surface area contributed by atoms with Crippen molar-refractivity contribution in [2.75, 3.05) is 6.54 Å². The minimum absolute atomic E-state index is 0.0242. The van der Waals surface area contributed by atoms with Gasteiger partial charge in [-0.25, -0.2) is 4.79 Å². The van der Waals surface area contributed by atoms with Crippen molar-refractivity contribution in [2.45, 2.75) is 6.54 Å². The second kappa shape index (κ2) is 5.34. The van der Waals surface area contributed by atoms with Gasteiger partial charge in [0.05, 0.1) is 23.9 Å². The predicted octanol–water partition coefficient (Wildman–Crippen LogP) is 1.39. The molecule has 0 radical (unpaired) electrons. The first-order chi connectivity index (χ1) is 11.6. The summed E-state index contributed by atoms with van der Waals surface area (Å²) in [5.74, 6) is -1.06. The molecule has 2 amide bonds. The molecule has 8 heteroatoms. The molecule has 0 saturated carbocycles. The van der Waals surface area contributed by atoms with Gasteiger partial charge >= 0.3 is 5.76 Å². The summed E-state index contributed by atoms with van der Waals surface area (Å²) >= 11 is 0. The summed E-state index contributed by atoms with van der Waals surface area (Å²) in [6.07, 6.45) is 1.44. The summed E-state index contributed by atoms with van der Waals surface area (Å²) in [4.78, 5) is 37.4. The topological polar surface area (TPSA) is 98.6 Å². The molecule has 0 atom stereocenters. The molecule has 1 aromatic carbocycles. The quantitative estimate of drug-likeness (QED) is 0.672. The maximum atomic E-state index is 12.3. The van der Waals surface area contributed by atoms with Crippen LogP contribution in [-0.4, -0.2) is 33.0 Å². The molecule has 8 nitrogen and oxygen atoms in total. The van der Waals surface area contributed by atoms with Crippen LogP contribution in [0.2, 0.25) is 0 Å². The number of fused-ring (bicyclic) bond motifs is 1. The number of hydrogen-bond acceptors (Lipinski definition) is 6. The Morgan fingerprint density at radius 3 is 2.25 bits per heavy atom. The number of carbonyl (C=O) groups is 2. The van der Waals surface area contributed by atoms with E-state index in [0.29, 0.717) is 16.9 Å². The van der Waals surface area contributed by atoms with E-state index in [0.717, 1.165) is 9.58 Å². The highest BCUT2D eigenvalue weighted by Crippen LogP contribution is 2.22. The molecule has 120 valence electrons. The second-order valence-electron chi connectivity index (χ2n) is 5.18. The van der Waals surface area contributed by atoms with Crippen molar-refractivity contribution in [1.29, 1.82) is 0 Å². The van der Waals surface area contributed by atoms with Gasteiger partial charge in [-0.1, -0.05) is 12.1 Å². The largest absolute Gasteiger partial charge is 0.459 e. The highest BCUT2D eigenvalue weighted by Gasteiger charge is 2.34. The summed E-state index contributed by atoms with van der Waals surface area (Å²) < 4.78 is 11.2. The van der Waals surface area contributed by atoms with Crippen molar-refractivity contribution in [3.63, 3.8) is 0 Å². The van der Waals surface area contributed by atoms with E-state index in [1.165, 1.54) is 6.26 Å². The van der Waals surface area contributed by atoms with Gasteiger partial charge < -0.3 is 8.83 Å². The third-order valence-electron chi connectivity index (χ3n) is 3.75. The van der Waals surface area contributed by atoms with Gasteiger partial charge in [0.15, 0.2) is 5.76 Å². The van der Waals surface area contributed by atoms with Gasteiger partial charge in [0, 0.05) is 6.54 Å². The fourth-order valence-electron chi connectivity index (χ4n) is 2.58. The van der Waals surface area contributed by atoms with Gasteiger partial charge in [0.2, 0.25) is 0 Å². The Balaban J connectivity index is 1.53. The lowest BCUT2D eigenvalue weighted by Gasteiger charge is -2.12. The lowest BCUT2D eigenvalue weighted by Crippen LogP contribution is -2.34. The minimum atomic E-state index is -0.682. The first kappa shape index (κ1) is 14.2. The van der Waals surface area contributed by atoms with Gasteiger partial charge in [-0.2, -0.15) is 4.68 Å². The molecule has 0 unspecified atom stereocenters. The Hall–Kier alpha value is -3.42. The summed E-state index contributed by atoms with van der Waals surface area (Å²) in [6.45, 7) is 0.0604. The molecule has 0 fully saturated rings. The Morgan fingerprint density at radius 1 is 0.917 bits per heavy atom. The molecule has 1 aliphatic heterocycles. The van der Waals surface area contributed by atoms with Crippen molar-refractivity contribution >= 4 is 11.8 Å². The third-order valence-corrected chi connectivity index (χ3v) is 3.75. The van der Waals surface area contributed by atoms with E-state index in [4.69, 9.17) is 8.83 Å². The number of rotatable bonds is 4. The van der Waals surface area contributed by atoms with Crippen molar-refractivity contribution in [3.8, 4) is 11.7 Å². The Labute approximate surface area is 134 Å². The van der Waals surface area contributed by atoms with E-state index in [9.17, 15) is 14.4 Å². The van der Waals surface area contributed by atoms with E-state index < -0.39 is 5.76 Å². The third kappa shape index (κ3) is 2.16. The molecule has 2 aromatic heterocycles. The number of hydrogen-bond donors (Lipinski definition) is 0. The van der Waals surface area contributed by atoms with Crippen LogP contribution in [0.15, 0.2) is 56.3 Å². The fraction of sp³-hybridized carbons (Fsp3) is 0.125. The molecular formula is C16H11N3O5. The molecule has 4 rings (SSSR count). The zero-order valence-corrected chi connectivity index (χ0v) is 12.3. The van der Waals surface area contributed by atoms with Crippen LogP contribution in [0.5, 0.6) is 0 Å². The molecule has 3 heterocycles. The van der Waals surface area contributed by atoms with Crippen molar-refractivity contribution in [2.24, 2.45) is 0 Å². The summed E-state index contributed by atoms with van der Waals surface area (Å²) in [7, 11) is 0. The molecule has 1 aliphatic rings. The van der Waals surface area contributed by atoms with Crippen molar-refractivity contribution in [1.82, 2.24) is 14.7 Å². The first-order valence-corrected chi connectivity index (χ1v) is 7.22. The lowest BCUT2D eigenvalue weighted by molar-refractivity contribution is 0.0646. The van der Waals surface area contributed by atoms with Crippen molar-refractivity contribution < 1.29 is 18.4 Å². The maximum Gasteiger partial charge on any atom is 0.437 e. The number of imide groups is 1. The Morgan fingerprint density at radius 2 is 1.62 bits per heavy atom. The van der Waals surface area contributed by atoms with E-state index >= 15 is 0 Å². The molecule has 0 saturated heterocycles. The van der Waals surface area contributed by atoms with Gasteiger partial charge in [0.1, 0.15) is 0 Å². The van der Waals surface area contributed by atoms with Crippen LogP contribution in [0, 0.1) is 0 Å². The predicted molar refractivity (Wildman–Crippen MR) is 80.3 cm³/mol. The SMILES string of the molecule is O=C1c2ccccc2C(=O)N1CCn1nc(-c2ccco2)oc1=O. The molecule has 0 N–H and O–H groups in total. The summed E-state index contributed by atoms with van der Waals surface area (Å²) in [5, 5.41) is 4.01. The number of aromatic nitrogens is 2. The molecule has 0 bridgehead atoms. The molecular weight excluding hydrogens is 314 g/mol. The van der Waals surface area contributed by atoms with Crippen LogP contribution in [0.3, 0.4) is 0 Å². The van der Waals surface area contributed by atoms with Crippen LogP contribution in [0.25, 0.3) is 11.7 Å². The van der Waals surface area contributed by atoms with E-state index in [2.05, 4.69) is 5.10 Å². The van der Waals surface area contributed by atoms with Crippen LogP contribution in [0.4, 0.5) is 0 Å². The molecule has 0 aliphatic carbocycles. The fourth-order valence-corrected chi connectivity index (χ4v) is 2.58. The van der Waals surface area contributed by atoms with Gasteiger partial charge in [-0.05, 0) is 24.3 Å². The average molecular weight is 325 g/mol. The highest BCUT2D eigenvalue weighted by atomic mass is 16.4. The number of amides is 2. The average Bonchev–Trinajstić information content (AvgIpc) is 3.28. The number of carbonyl (C=O) groups excluding carboxylic acids is 2. The number of furan rings is 1. The van der Waals surface area contributed by atoms with Crippen molar-refractivity contribution in [3.05, 3.63) is 64.3 Å². The first-order valence-electron chi connectivity index (χ1n) is 7.22. The molecule has 0 spiro atoms. The zero-order valence-electron chi connectivity index (χ0n) is 12.3. The van der Waals surface area contributed by atoms with Crippen LogP contribution < -0.4 is 5.76 Å². The Kier molecular flexibility index (Phi) is 3.16. The summed E-state index contributed by atoms with van der Waals surface area (Å²) in [6, 6.07) is 9.86. The minimum Gasteiger partial charge on any atom is -0.459 e. The van der Waals surface area contributed by atoms with Crippen LogP contribution in [-0.2, 0) is 6.54 Å². The van der Waals surface area contributed by atoms with E-state index in [1.807, 2.05) is 0 Å². The van der Waals surface area contributed by atoms with Gasteiger partial charge in [-0.3, -0.25) is 14.5 Å². The zero-order chi connectivity index (χ0) is 16.7. The monoisotopic (exact) mass is 325 g/mol. The van der Waals surface area contributed by atoms with Crippen LogP contribution in [0.1, 0.15) is 20.7 Å². The smallest absolute Gasteiger partial charge is 0.437 e. The Bertz CT molecular complexity index is 948. The highest BCUT2D eigenvalue weighted by molar-refractivity contribution is 6.21. The summed E-state index contributed by atoms with van der Waals surface area (Å²) in [5.41, 5.74) is 0.734. The standard InChI is InChI=1S/C16H11N3O5/c20-14-10-4-1-2-5-11(10)15(21)18(14)7-8-19-16(22)24-13(17-19)12-6-3-9-23-12/h1-6,9H,7-8H2. The maximum absolute atomic E-state index is 12.3. The number of benzene rings is 1. The van der Waals surface area contributed by atoms with E-state index in [1.54, 1.807) is 36.4 Å². The molecule has 3 aromatic rings.